The molecule has 2 unspecified atom stereocenters. The summed E-state index contributed by atoms with van der Waals surface area (Å²) in [4.78, 5) is 14.9. The Kier molecular flexibility index (Phi) is 4.91. The zero-order valence-electron chi connectivity index (χ0n) is 10.7. The van der Waals surface area contributed by atoms with Crippen molar-refractivity contribution in [2.45, 2.75) is 19.4 Å². The van der Waals surface area contributed by atoms with Gasteiger partial charge < -0.3 is 20.3 Å². The van der Waals surface area contributed by atoms with Crippen LogP contribution in [0.15, 0.2) is 12.3 Å². The zero-order chi connectivity index (χ0) is 13.7. The van der Waals surface area contributed by atoms with Crippen molar-refractivity contribution in [3.05, 3.63) is 17.8 Å². The smallest absolute Gasteiger partial charge is 0.306 e. The van der Waals surface area contributed by atoms with Crippen molar-refractivity contribution in [1.29, 1.82) is 0 Å². The zero-order valence-corrected chi connectivity index (χ0v) is 10.7. The van der Waals surface area contributed by atoms with Gasteiger partial charge in [0.25, 0.3) is 0 Å². The third kappa shape index (κ3) is 3.10. The third-order valence-electron chi connectivity index (χ3n) is 2.73. The number of nitrogens with zero attached hydrogens (tertiary/aromatic N) is 1. The van der Waals surface area contributed by atoms with Gasteiger partial charge in [0, 0.05) is 12.2 Å². The number of carboxylic acid groups (broad SMARTS) is 1. The summed E-state index contributed by atoms with van der Waals surface area (Å²) in [6.45, 7) is 1.61. The molecule has 1 aromatic rings. The Morgan fingerprint density at radius 1 is 1.50 bits per heavy atom. The van der Waals surface area contributed by atoms with Crippen molar-refractivity contribution < 1.29 is 19.4 Å². The van der Waals surface area contributed by atoms with Crippen LogP contribution >= 0.6 is 0 Å². The van der Waals surface area contributed by atoms with Crippen molar-refractivity contribution in [1.82, 2.24) is 4.98 Å². The first-order valence-electron chi connectivity index (χ1n) is 5.56. The van der Waals surface area contributed by atoms with E-state index in [9.17, 15) is 4.79 Å². The Morgan fingerprint density at radius 2 is 2.17 bits per heavy atom. The number of carbonyl (C=O) groups is 1. The van der Waals surface area contributed by atoms with Crippen LogP contribution < -0.4 is 15.2 Å². The number of aromatic nitrogens is 1. The van der Waals surface area contributed by atoms with Crippen molar-refractivity contribution in [2.75, 3.05) is 14.2 Å². The second-order valence-corrected chi connectivity index (χ2v) is 4.02. The molecule has 1 aromatic heterocycles. The van der Waals surface area contributed by atoms with E-state index in [2.05, 4.69) is 4.98 Å². The van der Waals surface area contributed by atoms with Crippen molar-refractivity contribution in [2.24, 2.45) is 11.7 Å². The normalized spacial score (nSPS) is 13.8. The maximum atomic E-state index is 10.8. The number of hydrogen-bond donors (Lipinski definition) is 2. The van der Waals surface area contributed by atoms with Crippen molar-refractivity contribution in [3.63, 3.8) is 0 Å². The Bertz CT molecular complexity index is 400. The molecule has 1 rings (SSSR count). The van der Waals surface area contributed by atoms with Gasteiger partial charge in [0.05, 0.1) is 25.7 Å². The molecule has 0 bridgehead atoms. The highest BCUT2D eigenvalue weighted by Crippen LogP contribution is 2.33. The Labute approximate surface area is 106 Å². The molecule has 0 radical (unpaired) electrons. The SMILES string of the molecule is COc1ccnc(OC)c1C(N)CC(C)C(=O)O. The number of methoxy groups -OCH3 is 2. The van der Waals surface area contributed by atoms with Crippen LogP contribution in [0.5, 0.6) is 11.6 Å². The summed E-state index contributed by atoms with van der Waals surface area (Å²) >= 11 is 0. The summed E-state index contributed by atoms with van der Waals surface area (Å²) < 4.78 is 10.3. The van der Waals surface area contributed by atoms with Gasteiger partial charge in [-0.3, -0.25) is 4.79 Å². The van der Waals surface area contributed by atoms with Gasteiger partial charge in [0.1, 0.15) is 5.75 Å². The van der Waals surface area contributed by atoms with Crippen LogP contribution in [0.4, 0.5) is 0 Å². The third-order valence-corrected chi connectivity index (χ3v) is 2.73. The summed E-state index contributed by atoms with van der Waals surface area (Å²) in [5.74, 6) is -0.520. The largest absolute Gasteiger partial charge is 0.496 e. The molecule has 18 heavy (non-hydrogen) atoms. The number of rotatable bonds is 6. The summed E-state index contributed by atoms with van der Waals surface area (Å²) in [6, 6.07) is 1.16. The molecule has 6 nitrogen and oxygen atoms in total. The van der Waals surface area contributed by atoms with E-state index >= 15 is 0 Å². The lowest BCUT2D eigenvalue weighted by Crippen LogP contribution is -2.20. The highest BCUT2D eigenvalue weighted by molar-refractivity contribution is 5.69. The molecule has 0 fully saturated rings. The topological polar surface area (TPSA) is 94.7 Å². The summed E-state index contributed by atoms with van der Waals surface area (Å²) in [6.07, 6.45) is 1.84. The minimum absolute atomic E-state index is 0.285. The lowest BCUT2D eigenvalue weighted by atomic mass is 9.96. The van der Waals surface area contributed by atoms with E-state index in [-0.39, 0.29) is 6.42 Å². The number of nitrogens with two attached hydrogens (primary N) is 1. The molecule has 6 heteroatoms. The quantitative estimate of drug-likeness (QED) is 0.792. The van der Waals surface area contributed by atoms with Crippen LogP contribution in [0.3, 0.4) is 0 Å². The number of carboxylic acids is 1. The van der Waals surface area contributed by atoms with E-state index in [1.807, 2.05) is 0 Å². The van der Waals surface area contributed by atoms with Crippen molar-refractivity contribution >= 4 is 5.97 Å². The van der Waals surface area contributed by atoms with Gasteiger partial charge in [-0.15, -0.1) is 0 Å². The van der Waals surface area contributed by atoms with Crippen LogP contribution in [0.25, 0.3) is 0 Å². The van der Waals surface area contributed by atoms with E-state index in [0.29, 0.717) is 17.2 Å². The first-order valence-corrected chi connectivity index (χ1v) is 5.56. The van der Waals surface area contributed by atoms with E-state index in [1.165, 1.54) is 14.2 Å². The molecule has 100 valence electrons. The van der Waals surface area contributed by atoms with Crippen molar-refractivity contribution in [3.8, 4) is 11.6 Å². The summed E-state index contributed by atoms with van der Waals surface area (Å²) in [7, 11) is 3.00. The molecular formula is C12H18N2O4. The molecule has 0 saturated carbocycles. The molecule has 0 amide bonds. The average molecular weight is 254 g/mol. The fraction of sp³-hybridized carbons (Fsp3) is 0.500. The van der Waals surface area contributed by atoms with E-state index in [4.69, 9.17) is 20.3 Å². The number of aliphatic carboxylic acids is 1. The predicted octanol–water partition coefficient (Wildman–Crippen LogP) is 1.21. The van der Waals surface area contributed by atoms with Gasteiger partial charge in [0.2, 0.25) is 5.88 Å². The van der Waals surface area contributed by atoms with Gasteiger partial charge in [-0.05, 0) is 12.5 Å². The van der Waals surface area contributed by atoms with Gasteiger partial charge in [-0.1, -0.05) is 6.92 Å². The molecular weight excluding hydrogens is 236 g/mol. The van der Waals surface area contributed by atoms with Crippen LogP contribution in [-0.2, 0) is 4.79 Å². The predicted molar refractivity (Wildman–Crippen MR) is 65.7 cm³/mol. The van der Waals surface area contributed by atoms with Crippen LogP contribution in [0, 0.1) is 5.92 Å². The minimum atomic E-state index is -0.882. The second-order valence-electron chi connectivity index (χ2n) is 4.02. The average Bonchev–Trinajstić information content (AvgIpc) is 2.37. The molecule has 0 aliphatic heterocycles. The molecule has 3 N–H and O–H groups in total. The van der Waals surface area contributed by atoms with Gasteiger partial charge in [-0.25, -0.2) is 4.98 Å². The fourth-order valence-corrected chi connectivity index (χ4v) is 1.72. The van der Waals surface area contributed by atoms with Gasteiger partial charge >= 0.3 is 5.97 Å². The maximum Gasteiger partial charge on any atom is 0.306 e. The standard InChI is InChI=1S/C12H18N2O4/c1-7(12(15)16)6-8(13)10-9(17-2)4-5-14-11(10)18-3/h4-5,7-8H,6,13H2,1-3H3,(H,15,16). The molecule has 0 spiro atoms. The van der Waals surface area contributed by atoms with E-state index < -0.39 is 17.9 Å². The Morgan fingerprint density at radius 3 is 2.67 bits per heavy atom. The van der Waals surface area contributed by atoms with Gasteiger partial charge in [0.15, 0.2) is 0 Å². The lowest BCUT2D eigenvalue weighted by molar-refractivity contribution is -0.141. The first kappa shape index (κ1) is 14.2. The monoisotopic (exact) mass is 254 g/mol. The molecule has 0 aliphatic carbocycles. The Balaban J connectivity index is 3.02. The number of ether oxygens (including phenoxy) is 2. The fourth-order valence-electron chi connectivity index (χ4n) is 1.72. The maximum absolute atomic E-state index is 10.8. The molecule has 0 saturated heterocycles. The van der Waals surface area contributed by atoms with E-state index in [1.54, 1.807) is 19.2 Å². The summed E-state index contributed by atoms with van der Waals surface area (Å²) in [5, 5.41) is 8.90. The first-order chi connectivity index (χ1) is 8.51. The second kappa shape index (κ2) is 6.20. The number of pyridine rings is 1. The molecule has 0 aromatic carbocycles. The molecule has 2 atom stereocenters. The van der Waals surface area contributed by atoms with Gasteiger partial charge in [-0.2, -0.15) is 0 Å². The summed E-state index contributed by atoms with van der Waals surface area (Å²) in [5.41, 5.74) is 6.62. The highest BCUT2D eigenvalue weighted by Gasteiger charge is 2.23. The minimum Gasteiger partial charge on any atom is -0.496 e. The highest BCUT2D eigenvalue weighted by atomic mass is 16.5. The lowest BCUT2D eigenvalue weighted by Gasteiger charge is -2.19. The Hall–Kier alpha value is -1.82. The van der Waals surface area contributed by atoms with E-state index in [0.717, 1.165) is 0 Å². The van der Waals surface area contributed by atoms with Crippen LogP contribution in [-0.4, -0.2) is 30.3 Å². The van der Waals surface area contributed by atoms with Crippen LogP contribution in [0.1, 0.15) is 24.9 Å². The molecule has 1 heterocycles. The number of hydrogen-bond acceptors (Lipinski definition) is 5. The van der Waals surface area contributed by atoms with Crippen LogP contribution in [0.2, 0.25) is 0 Å². The molecule has 0 aliphatic rings.